The van der Waals surface area contributed by atoms with Crippen LogP contribution >= 0.6 is 0 Å². The molecule has 0 aliphatic heterocycles. The monoisotopic (exact) mass is 1600 g/mol. The second-order valence-electron chi connectivity index (χ2n) is 16.3. The Labute approximate surface area is 524 Å². The van der Waals surface area contributed by atoms with Crippen molar-refractivity contribution in [2.75, 3.05) is 0 Å². The fourth-order valence-electron chi connectivity index (χ4n) is 5.42. The summed E-state index contributed by atoms with van der Waals surface area (Å²) in [5, 5.41) is 0. The Bertz CT molecular complexity index is 3210. The number of halogens is 9. The van der Waals surface area contributed by atoms with E-state index in [1.807, 2.05) is 200 Å². The van der Waals surface area contributed by atoms with Crippen LogP contribution in [0, 0.1) is 0 Å². The number of hydrogen-bond donors (Lipinski definition) is 0. The van der Waals surface area contributed by atoms with Crippen LogP contribution in [0.5, 0.6) is 0 Å². The zero-order chi connectivity index (χ0) is 58.9. The maximum Gasteiger partial charge on any atom is 1.00 e. The van der Waals surface area contributed by atoms with Crippen molar-refractivity contribution in [2.45, 2.75) is 42.0 Å². The molecule has 0 N–H and O–H groups in total. The number of nitrogens with zero attached hydrogens (tertiary/aromatic N) is 12. The molecule has 0 aliphatic carbocycles. The normalized spacial score (nSPS) is 11.5. The minimum Gasteiger partial charge on any atom is -0.787 e. The smallest absolute Gasteiger partial charge is 0.787 e. The summed E-state index contributed by atoms with van der Waals surface area (Å²) in [5.41, 5.74) is -7.98. The third-order valence-corrected chi connectivity index (χ3v) is 11.0. The van der Waals surface area contributed by atoms with Crippen LogP contribution in [0.15, 0.2) is 109 Å². The van der Waals surface area contributed by atoms with E-state index in [1.54, 1.807) is 0 Å². The molecule has 38 heteroatoms. The molecule has 0 aliphatic rings. The summed E-state index contributed by atoms with van der Waals surface area (Å²) >= 11 is 4.83. The zero-order valence-electron chi connectivity index (χ0n) is 42.7. The molecule has 0 amide bonds. The first-order chi connectivity index (χ1) is 35.0. The Kier molecular flexibility index (Phi) is 31.1. The van der Waals surface area contributed by atoms with E-state index in [-0.39, 0.29) is 94.3 Å². The minimum absolute atomic E-state index is 0. The first kappa shape index (κ1) is 79.2. The molecule has 462 valence electrons. The molecule has 0 saturated heterocycles. The first-order valence-electron chi connectivity index (χ1n) is 21.0. The van der Waals surface area contributed by atoms with Crippen LogP contribution in [0.3, 0.4) is 0 Å². The van der Waals surface area contributed by atoms with Gasteiger partial charge < -0.3 is 53.7 Å². The van der Waals surface area contributed by atoms with Crippen LogP contribution in [0.2, 0.25) is 0 Å². The molecule has 0 saturated carbocycles. The Morgan fingerprint density at radius 1 is 0.321 bits per heavy atom. The molecule has 0 fully saturated rings. The van der Waals surface area contributed by atoms with Gasteiger partial charge in [-0.15, -0.1) is 0 Å². The van der Waals surface area contributed by atoms with Gasteiger partial charge in [-0.2, -0.15) is 44.3 Å². The molecule has 0 aromatic carbocycles. The van der Waals surface area contributed by atoms with Gasteiger partial charge in [0.1, 0.15) is 67.8 Å². The summed E-state index contributed by atoms with van der Waals surface area (Å²) in [7, 11) is -6.50. The van der Waals surface area contributed by atoms with E-state index in [2.05, 4.69) is 0 Å². The van der Waals surface area contributed by atoms with Crippen molar-refractivity contribution in [1.29, 1.82) is 0 Å². The molecule has 0 radical (unpaired) electrons. The number of fused-ring (bicyclic) bond motifs is 12. The van der Waals surface area contributed by atoms with Gasteiger partial charge in [-0.3, -0.25) is 0 Å². The summed E-state index contributed by atoms with van der Waals surface area (Å²) in [6.45, 7) is 6.01. The van der Waals surface area contributed by atoms with Crippen LogP contribution in [0.4, 0.5) is 39.5 Å². The topological polar surface area (TPSA) is 279 Å². The predicted molar refractivity (Wildman–Crippen MR) is 266 cm³/mol. The summed E-state index contributed by atoms with van der Waals surface area (Å²) in [6.07, 6.45) is 0. The summed E-state index contributed by atoms with van der Waals surface area (Å²) < 4.78 is 189. The molecular formula is C43H45Ag4F9N12O9S4. The van der Waals surface area contributed by atoms with E-state index in [0.717, 1.165) is 67.8 Å². The van der Waals surface area contributed by atoms with E-state index in [0.29, 0.717) is 0 Å². The van der Waals surface area contributed by atoms with Crippen LogP contribution in [0.1, 0.15) is 20.8 Å². The van der Waals surface area contributed by atoms with E-state index in [4.69, 9.17) is 81.4 Å². The Hall–Kier alpha value is -3.89. The average molecular weight is 1600 g/mol. The standard InChI is InChI=1S/C36H36N12.C4H10S.3CHF3O3S.4Ag/c1-43-25-13-7-15-27(37-25)44(2)29-17-9-19-31(39-29)46(4)33-21-11-23-35(41-33)48(6)36-24-12-22-34(42-36)47(5)32-20-10-18-30(40-32)45(3)28-16-8-14-26(43)38-28;1-4(2,3)5;3*2-1(3,4)8(5,6)7;;;;/h7-24H,1-6H3;5H,1-3H3;3*(H,5,6,7);;;;/q;;;;;4*+1/p-4. The Balaban J connectivity index is 0. The van der Waals surface area contributed by atoms with Gasteiger partial charge in [-0.25, -0.2) is 55.2 Å². The number of alkyl halides is 9. The molecule has 7 aromatic heterocycles. The van der Waals surface area contributed by atoms with Crippen LogP contribution < -0.4 is 0 Å². The molecule has 0 unspecified atom stereocenters. The largest absolute Gasteiger partial charge is 1.00 e. The molecule has 7 rings (SSSR count). The van der Waals surface area contributed by atoms with Gasteiger partial charge in [-0.1, -0.05) is 57.2 Å². The van der Waals surface area contributed by atoms with Crippen molar-refractivity contribution < 1.29 is 168 Å². The third kappa shape index (κ3) is 24.3. The van der Waals surface area contributed by atoms with E-state index in [1.165, 1.54) is 0 Å². The number of pyridine rings is 6. The van der Waals surface area contributed by atoms with E-state index in [9.17, 15) is 39.5 Å². The number of aromatic nitrogens is 12. The minimum atomic E-state index is -6.09. The summed E-state index contributed by atoms with van der Waals surface area (Å²) in [4.78, 5) is 29.9. The number of aryl methyl sites for hydroxylation is 6. The molecular weight excluding hydrogens is 1560 g/mol. The maximum atomic E-state index is 10.7. The fraction of sp³-hybridized carbons (Fsp3) is 0.302. The van der Waals surface area contributed by atoms with Crippen molar-refractivity contribution in [3.05, 3.63) is 109 Å². The Morgan fingerprint density at radius 2 is 0.395 bits per heavy atom. The number of hydrogen-bond acceptors (Lipinski definition) is 16. The van der Waals surface area contributed by atoms with Crippen molar-refractivity contribution in [3.8, 4) is 0 Å². The van der Waals surface area contributed by atoms with Crippen LogP contribution in [-0.2, 0) is 175 Å². The third-order valence-electron chi connectivity index (χ3n) is 9.29. The second kappa shape index (κ2) is 31.8. The van der Waals surface area contributed by atoms with Crippen LogP contribution in [0.25, 0.3) is 67.8 Å². The first-order valence-corrected chi connectivity index (χ1v) is 25.7. The van der Waals surface area contributed by atoms with Gasteiger partial charge in [0.05, 0.1) is 0 Å². The molecule has 0 spiro atoms. The van der Waals surface area contributed by atoms with Crippen molar-refractivity contribution in [3.63, 3.8) is 0 Å². The van der Waals surface area contributed by atoms with Gasteiger partial charge >= 0.3 is 106 Å². The SMILES string of the molecule is CC(C)(C)[S-].Cn1c2cccc(n2)n(C)c2cccc(n2)n(C)c2cccc(n2)n(C)c2cccc(n2)n(C)c2cccc(n2)n(C)c2cccc1n2.O=S(=O)([O-])C(F)(F)F.O=S(=O)([O-])C(F)(F)F.O=S(=O)([O-])C(F)(F)F.[Ag+].[Ag+].[Ag+].[Ag+]. The molecule has 7 aromatic rings. The predicted octanol–water partition coefficient (Wildman–Crippen LogP) is 7.54. The van der Waals surface area contributed by atoms with Gasteiger partial charge in [-0.05, 0) is 72.8 Å². The molecule has 81 heavy (non-hydrogen) atoms. The Morgan fingerprint density at radius 3 is 0.457 bits per heavy atom. The fourth-order valence-corrected chi connectivity index (χ4v) is 5.42. The second-order valence-corrected chi connectivity index (χ2v) is 21.6. The van der Waals surface area contributed by atoms with Crippen molar-refractivity contribution in [2.24, 2.45) is 42.3 Å². The molecule has 0 atom stereocenters. The van der Waals surface area contributed by atoms with Crippen LogP contribution in [-0.4, -0.2) is 117 Å². The van der Waals surface area contributed by atoms with Gasteiger partial charge in [0.15, 0.2) is 30.4 Å². The van der Waals surface area contributed by atoms with Gasteiger partial charge in [0.2, 0.25) is 0 Å². The van der Waals surface area contributed by atoms with Gasteiger partial charge in [0, 0.05) is 42.3 Å². The molecule has 12 bridgehead atoms. The molecule has 7 heterocycles. The van der Waals surface area contributed by atoms with Gasteiger partial charge in [0.25, 0.3) is 0 Å². The van der Waals surface area contributed by atoms with E-state index < -0.39 is 46.9 Å². The van der Waals surface area contributed by atoms with Crippen molar-refractivity contribution in [1.82, 2.24) is 57.3 Å². The van der Waals surface area contributed by atoms with Crippen molar-refractivity contribution >= 4 is 111 Å². The number of rotatable bonds is 0. The average Bonchev–Trinajstić information content (AvgIpc) is 3.33. The zero-order valence-corrected chi connectivity index (χ0v) is 51.9. The molecule has 21 nitrogen and oxygen atoms in total. The quantitative estimate of drug-likeness (QED) is 0.0466. The summed E-state index contributed by atoms with van der Waals surface area (Å²) in [5.74, 6) is 0. The maximum absolute atomic E-state index is 10.7. The summed E-state index contributed by atoms with van der Waals surface area (Å²) in [6, 6.07) is 35.6. The van der Waals surface area contributed by atoms with E-state index >= 15 is 0 Å².